The van der Waals surface area contributed by atoms with Crippen molar-refractivity contribution in [1.29, 1.82) is 0 Å². The van der Waals surface area contributed by atoms with Gasteiger partial charge in [-0.15, -0.1) is 0 Å². The SMILES string of the molecule is COC(=O)CN1CCCN(c2ncnc3ccccc23)CC1. The smallest absolute Gasteiger partial charge is 0.319 e. The van der Waals surface area contributed by atoms with Crippen molar-refractivity contribution < 1.29 is 9.53 Å². The summed E-state index contributed by atoms with van der Waals surface area (Å²) in [7, 11) is 1.43. The zero-order chi connectivity index (χ0) is 15.4. The van der Waals surface area contributed by atoms with Crippen LogP contribution in [0.25, 0.3) is 10.9 Å². The van der Waals surface area contributed by atoms with Crippen LogP contribution in [-0.4, -0.2) is 60.7 Å². The second-order valence-corrected chi connectivity index (χ2v) is 5.41. The van der Waals surface area contributed by atoms with E-state index in [0.29, 0.717) is 6.54 Å². The first-order valence-corrected chi connectivity index (χ1v) is 7.52. The lowest BCUT2D eigenvalue weighted by Gasteiger charge is -2.23. The van der Waals surface area contributed by atoms with Crippen LogP contribution in [0.4, 0.5) is 5.82 Å². The van der Waals surface area contributed by atoms with Crippen LogP contribution in [0.1, 0.15) is 6.42 Å². The summed E-state index contributed by atoms with van der Waals surface area (Å²) in [6.45, 7) is 3.85. The normalized spacial score (nSPS) is 16.5. The third-order valence-electron chi connectivity index (χ3n) is 3.99. The van der Waals surface area contributed by atoms with Gasteiger partial charge in [0.25, 0.3) is 0 Å². The number of ether oxygens (including phenoxy) is 1. The first-order chi connectivity index (χ1) is 10.8. The summed E-state index contributed by atoms with van der Waals surface area (Å²) in [4.78, 5) is 24.6. The Morgan fingerprint density at radius 1 is 1.18 bits per heavy atom. The number of hydrogen-bond acceptors (Lipinski definition) is 6. The summed E-state index contributed by atoms with van der Waals surface area (Å²) < 4.78 is 4.75. The molecule has 6 nitrogen and oxygen atoms in total. The summed E-state index contributed by atoms with van der Waals surface area (Å²) in [6, 6.07) is 8.06. The molecule has 0 unspecified atom stereocenters. The molecule has 1 fully saturated rings. The van der Waals surface area contributed by atoms with Crippen molar-refractivity contribution >= 4 is 22.7 Å². The maximum Gasteiger partial charge on any atom is 0.319 e. The fraction of sp³-hybridized carbons (Fsp3) is 0.438. The van der Waals surface area contributed by atoms with Crippen LogP contribution in [0.15, 0.2) is 30.6 Å². The molecule has 0 N–H and O–H groups in total. The minimum atomic E-state index is -0.180. The predicted octanol–water partition coefficient (Wildman–Crippen LogP) is 1.31. The van der Waals surface area contributed by atoms with Crippen molar-refractivity contribution in [3.8, 4) is 0 Å². The highest BCUT2D eigenvalue weighted by Crippen LogP contribution is 2.23. The molecule has 6 heteroatoms. The quantitative estimate of drug-likeness (QED) is 0.797. The minimum absolute atomic E-state index is 0.180. The lowest BCUT2D eigenvalue weighted by atomic mass is 10.2. The maximum atomic E-state index is 11.4. The standard InChI is InChI=1S/C16H20N4O2/c1-22-15(21)11-19-7-4-8-20(10-9-19)16-13-5-2-3-6-14(13)17-12-18-16/h2-3,5-6,12H,4,7-11H2,1H3. The Morgan fingerprint density at radius 2 is 2.05 bits per heavy atom. The van der Waals surface area contributed by atoms with E-state index >= 15 is 0 Å². The van der Waals surface area contributed by atoms with E-state index in [1.54, 1.807) is 6.33 Å². The molecule has 0 saturated carbocycles. The van der Waals surface area contributed by atoms with Crippen LogP contribution in [0, 0.1) is 0 Å². The van der Waals surface area contributed by atoms with E-state index in [1.165, 1.54) is 7.11 Å². The number of para-hydroxylation sites is 1. The van der Waals surface area contributed by atoms with Gasteiger partial charge < -0.3 is 9.64 Å². The van der Waals surface area contributed by atoms with Gasteiger partial charge in [0.2, 0.25) is 0 Å². The van der Waals surface area contributed by atoms with Gasteiger partial charge in [-0.2, -0.15) is 0 Å². The van der Waals surface area contributed by atoms with Crippen molar-refractivity contribution in [2.75, 3.05) is 44.7 Å². The molecule has 3 rings (SSSR count). The average molecular weight is 300 g/mol. The molecule has 1 aliphatic rings. The third-order valence-corrected chi connectivity index (χ3v) is 3.99. The van der Waals surface area contributed by atoms with E-state index in [0.717, 1.165) is 49.3 Å². The molecule has 1 aromatic heterocycles. The molecule has 0 aliphatic carbocycles. The van der Waals surface area contributed by atoms with Gasteiger partial charge in [0.05, 0.1) is 19.2 Å². The van der Waals surface area contributed by atoms with E-state index in [4.69, 9.17) is 4.74 Å². The zero-order valence-electron chi connectivity index (χ0n) is 12.7. The molecule has 0 atom stereocenters. The van der Waals surface area contributed by atoms with Gasteiger partial charge in [-0.25, -0.2) is 9.97 Å². The van der Waals surface area contributed by atoms with Gasteiger partial charge in [0.15, 0.2) is 0 Å². The summed E-state index contributed by atoms with van der Waals surface area (Å²) >= 11 is 0. The Hall–Kier alpha value is -2.21. The topological polar surface area (TPSA) is 58.6 Å². The third kappa shape index (κ3) is 3.17. The number of aromatic nitrogens is 2. The molecule has 22 heavy (non-hydrogen) atoms. The zero-order valence-corrected chi connectivity index (χ0v) is 12.7. The largest absolute Gasteiger partial charge is 0.468 e. The van der Waals surface area contributed by atoms with Crippen LogP contribution in [0.5, 0.6) is 0 Å². The number of anilines is 1. The fourth-order valence-electron chi connectivity index (χ4n) is 2.83. The van der Waals surface area contributed by atoms with E-state index < -0.39 is 0 Å². The van der Waals surface area contributed by atoms with Gasteiger partial charge in [-0.05, 0) is 18.6 Å². The van der Waals surface area contributed by atoms with Crippen LogP contribution in [-0.2, 0) is 9.53 Å². The molecular formula is C16H20N4O2. The number of esters is 1. The molecule has 0 amide bonds. The lowest BCUT2D eigenvalue weighted by molar-refractivity contribution is -0.141. The van der Waals surface area contributed by atoms with E-state index in [-0.39, 0.29) is 5.97 Å². The first kappa shape index (κ1) is 14.7. The Bertz CT molecular complexity index is 656. The molecule has 0 bridgehead atoms. The van der Waals surface area contributed by atoms with Crippen molar-refractivity contribution in [3.63, 3.8) is 0 Å². The number of hydrogen-bond donors (Lipinski definition) is 0. The maximum absolute atomic E-state index is 11.4. The van der Waals surface area contributed by atoms with Gasteiger partial charge in [-0.3, -0.25) is 9.69 Å². The number of benzene rings is 1. The van der Waals surface area contributed by atoms with Crippen LogP contribution in [0.2, 0.25) is 0 Å². The monoisotopic (exact) mass is 300 g/mol. The summed E-state index contributed by atoms with van der Waals surface area (Å²) in [6.07, 6.45) is 2.62. The number of carbonyl (C=O) groups excluding carboxylic acids is 1. The first-order valence-electron chi connectivity index (χ1n) is 7.52. The number of nitrogens with zero attached hydrogens (tertiary/aromatic N) is 4. The lowest BCUT2D eigenvalue weighted by Crippen LogP contribution is -2.34. The van der Waals surface area contributed by atoms with Gasteiger partial charge in [-0.1, -0.05) is 12.1 Å². The van der Waals surface area contributed by atoms with Crippen molar-refractivity contribution in [2.24, 2.45) is 0 Å². The van der Waals surface area contributed by atoms with Crippen molar-refractivity contribution in [3.05, 3.63) is 30.6 Å². The second kappa shape index (κ2) is 6.70. The van der Waals surface area contributed by atoms with Crippen LogP contribution >= 0.6 is 0 Å². The number of fused-ring (bicyclic) bond motifs is 1. The Morgan fingerprint density at radius 3 is 2.91 bits per heavy atom. The number of carbonyl (C=O) groups is 1. The molecule has 2 aromatic rings. The highest BCUT2D eigenvalue weighted by atomic mass is 16.5. The molecule has 0 radical (unpaired) electrons. The number of methoxy groups -OCH3 is 1. The van der Waals surface area contributed by atoms with Crippen LogP contribution in [0.3, 0.4) is 0 Å². The van der Waals surface area contributed by atoms with Crippen molar-refractivity contribution in [2.45, 2.75) is 6.42 Å². The summed E-state index contributed by atoms with van der Waals surface area (Å²) in [5.41, 5.74) is 0.961. The molecule has 0 spiro atoms. The predicted molar refractivity (Wildman–Crippen MR) is 84.8 cm³/mol. The van der Waals surface area contributed by atoms with Gasteiger partial charge in [0.1, 0.15) is 12.1 Å². The van der Waals surface area contributed by atoms with Crippen molar-refractivity contribution in [1.82, 2.24) is 14.9 Å². The molecule has 2 heterocycles. The fourth-order valence-corrected chi connectivity index (χ4v) is 2.83. The highest BCUT2D eigenvalue weighted by molar-refractivity contribution is 5.89. The summed E-state index contributed by atoms with van der Waals surface area (Å²) in [5.74, 6) is 0.798. The highest BCUT2D eigenvalue weighted by Gasteiger charge is 2.19. The van der Waals surface area contributed by atoms with E-state index in [1.807, 2.05) is 18.2 Å². The van der Waals surface area contributed by atoms with Crippen LogP contribution < -0.4 is 4.90 Å². The Kier molecular flexibility index (Phi) is 4.48. The molecule has 1 saturated heterocycles. The van der Waals surface area contributed by atoms with Gasteiger partial charge >= 0.3 is 5.97 Å². The minimum Gasteiger partial charge on any atom is -0.468 e. The number of rotatable bonds is 3. The Labute approximate surface area is 129 Å². The van der Waals surface area contributed by atoms with E-state index in [9.17, 15) is 4.79 Å². The summed E-state index contributed by atoms with van der Waals surface area (Å²) in [5, 5.41) is 1.08. The average Bonchev–Trinajstić information content (AvgIpc) is 2.79. The molecular weight excluding hydrogens is 280 g/mol. The van der Waals surface area contributed by atoms with Gasteiger partial charge in [0, 0.05) is 31.6 Å². The Balaban J connectivity index is 1.76. The molecule has 1 aliphatic heterocycles. The molecule has 1 aromatic carbocycles. The molecule has 116 valence electrons. The van der Waals surface area contributed by atoms with E-state index in [2.05, 4.69) is 25.8 Å². The second-order valence-electron chi connectivity index (χ2n) is 5.41.